The van der Waals surface area contributed by atoms with Gasteiger partial charge in [0.25, 0.3) is 0 Å². The molecule has 0 amide bonds. The molecule has 0 unspecified atom stereocenters. The highest BCUT2D eigenvalue weighted by Gasteiger charge is 2.09. The van der Waals surface area contributed by atoms with Crippen molar-refractivity contribution < 1.29 is 0 Å². The van der Waals surface area contributed by atoms with Gasteiger partial charge in [-0.05, 0) is 43.2 Å². The first-order chi connectivity index (χ1) is 11.2. The lowest BCUT2D eigenvalue weighted by Gasteiger charge is -2.16. The molecule has 1 aromatic rings. The Balaban J connectivity index is 1.70. The molecule has 1 aliphatic rings. The maximum absolute atomic E-state index is 5.07. The van der Waals surface area contributed by atoms with Gasteiger partial charge in [0.1, 0.15) is 0 Å². The predicted octanol–water partition coefficient (Wildman–Crippen LogP) is 5.92. The van der Waals surface area contributed by atoms with Gasteiger partial charge in [0.05, 0.1) is 0 Å². The van der Waals surface area contributed by atoms with Gasteiger partial charge in [0, 0.05) is 6.54 Å². The summed E-state index contributed by atoms with van der Waals surface area (Å²) in [4.78, 5) is 10.0. The average molecular weight is 355 g/mol. The smallest absolute Gasteiger partial charge is 0.205 e. The summed E-state index contributed by atoms with van der Waals surface area (Å²) in [6, 6.07) is 0. The minimum Gasteiger partial charge on any atom is -0.356 e. The summed E-state index contributed by atoms with van der Waals surface area (Å²) in [6.45, 7) is 0.924. The SMILES string of the molecule is S=c1nc(NCCCC2CCCCCCCCCC2)[nH]c(=S)[nH]1. The Morgan fingerprint density at radius 1 is 0.913 bits per heavy atom. The maximum atomic E-state index is 5.07. The predicted molar refractivity (Wildman–Crippen MR) is 102 cm³/mol. The van der Waals surface area contributed by atoms with E-state index < -0.39 is 0 Å². The number of rotatable bonds is 5. The van der Waals surface area contributed by atoms with E-state index >= 15 is 0 Å². The molecule has 0 radical (unpaired) electrons. The lowest BCUT2D eigenvalue weighted by molar-refractivity contribution is 0.383. The van der Waals surface area contributed by atoms with Gasteiger partial charge in [-0.1, -0.05) is 64.2 Å². The van der Waals surface area contributed by atoms with E-state index in [1.807, 2.05) is 0 Å². The number of anilines is 1. The van der Waals surface area contributed by atoms with Crippen LogP contribution in [0.15, 0.2) is 0 Å². The van der Waals surface area contributed by atoms with Gasteiger partial charge in [-0.2, -0.15) is 4.98 Å². The molecule has 3 N–H and O–H groups in total. The first-order valence-corrected chi connectivity index (χ1v) is 10.0. The number of aromatic amines is 2. The third-order valence-electron chi connectivity index (χ3n) is 4.72. The molecule has 0 atom stereocenters. The Kier molecular flexibility index (Phi) is 8.82. The van der Waals surface area contributed by atoms with Gasteiger partial charge < -0.3 is 15.3 Å². The number of aromatic nitrogens is 3. The Hall–Kier alpha value is -0.750. The van der Waals surface area contributed by atoms with E-state index in [9.17, 15) is 0 Å². The van der Waals surface area contributed by atoms with E-state index in [0.29, 0.717) is 15.5 Å². The third kappa shape index (κ3) is 8.06. The van der Waals surface area contributed by atoms with Crippen molar-refractivity contribution >= 4 is 30.4 Å². The molecule has 2 rings (SSSR count). The van der Waals surface area contributed by atoms with E-state index in [-0.39, 0.29) is 0 Å². The van der Waals surface area contributed by atoms with Crippen molar-refractivity contribution in [1.29, 1.82) is 0 Å². The fraction of sp³-hybridized carbons (Fsp3) is 0.824. The lowest BCUT2D eigenvalue weighted by Crippen LogP contribution is -2.09. The molecular weight excluding hydrogens is 324 g/mol. The maximum Gasteiger partial charge on any atom is 0.205 e. The van der Waals surface area contributed by atoms with Crippen molar-refractivity contribution in [3.8, 4) is 0 Å². The van der Waals surface area contributed by atoms with Crippen molar-refractivity contribution in [1.82, 2.24) is 15.0 Å². The standard InChI is InChI=1S/C17H30N4S2/c22-16-19-15(20-17(23)21-16)18-13-9-12-14-10-7-5-3-1-2-4-6-8-11-14/h14H,1-13H2,(H3,18,19,20,21,22,23). The molecule has 1 fully saturated rings. The van der Waals surface area contributed by atoms with Crippen molar-refractivity contribution in [3.05, 3.63) is 9.54 Å². The van der Waals surface area contributed by atoms with E-state index in [1.54, 1.807) is 0 Å². The molecule has 23 heavy (non-hydrogen) atoms. The van der Waals surface area contributed by atoms with Crippen LogP contribution in [0, 0.1) is 15.5 Å². The second-order valence-corrected chi connectivity index (χ2v) is 7.48. The third-order valence-corrected chi connectivity index (χ3v) is 5.12. The second kappa shape index (κ2) is 10.9. The van der Waals surface area contributed by atoms with Crippen molar-refractivity contribution in [2.75, 3.05) is 11.9 Å². The van der Waals surface area contributed by atoms with Crippen LogP contribution in [-0.2, 0) is 0 Å². The summed E-state index contributed by atoms with van der Waals surface area (Å²) in [5, 5.41) is 3.31. The minimum atomic E-state index is 0.430. The molecular formula is C17H30N4S2. The molecule has 1 aromatic heterocycles. The fourth-order valence-corrected chi connectivity index (χ4v) is 3.89. The average Bonchev–Trinajstić information content (AvgIpc) is 2.56. The van der Waals surface area contributed by atoms with Crippen LogP contribution in [0.1, 0.15) is 77.0 Å². The molecule has 0 bridgehead atoms. The van der Waals surface area contributed by atoms with Crippen LogP contribution in [0.4, 0.5) is 5.95 Å². The topological polar surface area (TPSA) is 56.5 Å². The summed E-state index contributed by atoms with van der Waals surface area (Å²) in [5.74, 6) is 1.58. The molecule has 0 aliphatic heterocycles. The monoisotopic (exact) mass is 354 g/mol. The molecule has 6 heteroatoms. The number of nitrogens with one attached hydrogen (secondary N) is 3. The molecule has 0 saturated heterocycles. The van der Waals surface area contributed by atoms with Crippen LogP contribution in [0.25, 0.3) is 0 Å². The molecule has 130 valence electrons. The Labute approximate surface area is 149 Å². The van der Waals surface area contributed by atoms with Crippen molar-refractivity contribution in [2.24, 2.45) is 5.92 Å². The van der Waals surface area contributed by atoms with Crippen LogP contribution in [0.3, 0.4) is 0 Å². The lowest BCUT2D eigenvalue weighted by atomic mass is 9.91. The van der Waals surface area contributed by atoms with Gasteiger partial charge in [0.2, 0.25) is 10.7 Å². The molecule has 1 saturated carbocycles. The summed E-state index contributed by atoms with van der Waals surface area (Å²) in [6.07, 6.45) is 16.8. The largest absolute Gasteiger partial charge is 0.356 e. The Morgan fingerprint density at radius 2 is 1.52 bits per heavy atom. The summed E-state index contributed by atoms with van der Waals surface area (Å²) < 4.78 is 0.954. The normalized spacial score (nSPS) is 18.3. The van der Waals surface area contributed by atoms with Gasteiger partial charge >= 0.3 is 0 Å². The zero-order valence-corrected chi connectivity index (χ0v) is 15.7. The van der Waals surface area contributed by atoms with E-state index in [0.717, 1.165) is 12.5 Å². The van der Waals surface area contributed by atoms with Gasteiger partial charge in [-0.15, -0.1) is 0 Å². The van der Waals surface area contributed by atoms with E-state index in [2.05, 4.69) is 20.3 Å². The van der Waals surface area contributed by atoms with E-state index in [4.69, 9.17) is 24.4 Å². The number of hydrogen-bond acceptors (Lipinski definition) is 4. The molecule has 0 spiro atoms. The van der Waals surface area contributed by atoms with Crippen LogP contribution in [0.5, 0.6) is 0 Å². The zero-order chi connectivity index (χ0) is 16.3. The number of H-pyrrole nitrogens is 2. The van der Waals surface area contributed by atoms with Crippen molar-refractivity contribution in [3.63, 3.8) is 0 Å². The summed E-state index contributed by atoms with van der Waals surface area (Å²) in [5.41, 5.74) is 0. The van der Waals surface area contributed by atoms with Crippen LogP contribution < -0.4 is 5.32 Å². The summed E-state index contributed by atoms with van der Waals surface area (Å²) >= 11 is 10.1. The first kappa shape index (κ1) is 18.6. The fourth-order valence-electron chi connectivity index (χ4n) is 3.43. The minimum absolute atomic E-state index is 0.430. The van der Waals surface area contributed by atoms with Crippen LogP contribution in [-0.4, -0.2) is 21.5 Å². The van der Waals surface area contributed by atoms with E-state index in [1.165, 1.54) is 77.0 Å². The molecule has 1 aliphatic carbocycles. The highest BCUT2D eigenvalue weighted by Crippen LogP contribution is 2.24. The quantitative estimate of drug-likeness (QED) is 0.454. The second-order valence-electron chi connectivity index (χ2n) is 6.69. The summed E-state index contributed by atoms with van der Waals surface area (Å²) in [7, 11) is 0. The highest BCUT2D eigenvalue weighted by atomic mass is 32.1. The van der Waals surface area contributed by atoms with Crippen molar-refractivity contribution in [2.45, 2.75) is 77.0 Å². The molecule has 0 aromatic carbocycles. The Morgan fingerprint density at radius 3 is 2.13 bits per heavy atom. The van der Waals surface area contributed by atoms with Gasteiger partial charge in [0.15, 0.2) is 4.77 Å². The van der Waals surface area contributed by atoms with Gasteiger partial charge in [-0.25, -0.2) is 0 Å². The number of hydrogen-bond donors (Lipinski definition) is 3. The van der Waals surface area contributed by atoms with Gasteiger partial charge in [-0.3, -0.25) is 0 Å². The van der Waals surface area contributed by atoms with Crippen LogP contribution in [0.2, 0.25) is 0 Å². The molecule has 1 heterocycles. The zero-order valence-electron chi connectivity index (χ0n) is 14.0. The molecule has 4 nitrogen and oxygen atoms in total. The highest BCUT2D eigenvalue weighted by molar-refractivity contribution is 7.71. The first-order valence-electron chi connectivity index (χ1n) is 9.18. The number of nitrogens with zero attached hydrogens (tertiary/aromatic N) is 1. The van der Waals surface area contributed by atoms with Crippen LogP contribution >= 0.6 is 24.4 Å². The Bertz CT molecular complexity index is 512.